The summed E-state index contributed by atoms with van der Waals surface area (Å²) in [6, 6.07) is 5.41. The van der Waals surface area contributed by atoms with Gasteiger partial charge in [-0.25, -0.2) is 9.78 Å². The van der Waals surface area contributed by atoms with E-state index in [0.29, 0.717) is 10.9 Å². The molecule has 0 spiro atoms. The number of carbonyl (C=O) groups is 1. The van der Waals surface area contributed by atoms with E-state index in [2.05, 4.69) is 4.98 Å². The van der Waals surface area contributed by atoms with Gasteiger partial charge in [-0.3, -0.25) is 9.36 Å². The number of carboxylic acid groups (broad SMARTS) is 1. The summed E-state index contributed by atoms with van der Waals surface area (Å²) in [4.78, 5) is 27.6. The van der Waals surface area contributed by atoms with E-state index in [0.717, 1.165) is 15.5 Å². The van der Waals surface area contributed by atoms with Crippen LogP contribution in [0.5, 0.6) is 0 Å². The topological polar surface area (TPSA) is 72.2 Å². The zero-order valence-electron chi connectivity index (χ0n) is 9.53. The summed E-state index contributed by atoms with van der Waals surface area (Å²) in [5.74, 6) is -1.11. The first-order valence-electron chi connectivity index (χ1n) is 5.08. The molecule has 1 aromatic carbocycles. The fraction of sp³-hybridized carbons (Fsp3) is 0.0833. The Hall–Kier alpha value is -1.08. The quantitative estimate of drug-likeness (QED) is 0.518. The van der Waals surface area contributed by atoms with Crippen molar-refractivity contribution in [2.24, 2.45) is 0 Å². The average molecular weight is 286 g/mol. The summed E-state index contributed by atoms with van der Waals surface area (Å²) in [6.07, 6.45) is 5.31. The van der Waals surface area contributed by atoms with Crippen LogP contribution in [-0.4, -0.2) is 56.4 Å². The molecule has 94 valence electrons. The third kappa shape index (κ3) is 3.70. The van der Waals surface area contributed by atoms with E-state index in [9.17, 15) is 9.59 Å². The zero-order chi connectivity index (χ0) is 13.1. The Labute approximate surface area is 135 Å². The summed E-state index contributed by atoms with van der Waals surface area (Å²) in [5.41, 5.74) is 0.311. The van der Waals surface area contributed by atoms with Crippen molar-refractivity contribution in [3.63, 3.8) is 0 Å². The molecular weight excluding hydrogens is 275 g/mol. The van der Waals surface area contributed by atoms with Crippen LogP contribution in [0.25, 0.3) is 17.1 Å². The Balaban J connectivity index is 0.00000180. The van der Waals surface area contributed by atoms with E-state index >= 15 is 0 Å². The zero-order valence-corrected chi connectivity index (χ0v) is 10.3. The molecule has 0 atom stereocenters. The van der Waals surface area contributed by atoms with Gasteiger partial charge in [0.1, 0.15) is 6.33 Å². The normalized spacial score (nSPS) is 10.6. The van der Waals surface area contributed by atoms with Crippen molar-refractivity contribution in [1.82, 2.24) is 9.55 Å². The molecule has 1 aromatic heterocycles. The van der Waals surface area contributed by atoms with Gasteiger partial charge in [0.25, 0.3) is 5.56 Å². The molecule has 0 saturated carbocycles. The van der Waals surface area contributed by atoms with Crippen LogP contribution in [-0.2, 0) is 4.79 Å². The molecule has 0 aliphatic rings. The van der Waals surface area contributed by atoms with Crippen LogP contribution in [0.15, 0.2) is 40.3 Å². The van der Waals surface area contributed by atoms with E-state index < -0.39 is 5.97 Å². The molecule has 19 heavy (non-hydrogen) atoms. The van der Waals surface area contributed by atoms with E-state index in [-0.39, 0.29) is 35.1 Å². The predicted octanol–water partition coefficient (Wildman–Crippen LogP) is 1.03. The first kappa shape index (κ1) is 16.0. The van der Waals surface area contributed by atoms with Gasteiger partial charge in [-0.1, -0.05) is 0 Å². The molecule has 1 heterocycles. The SMILES string of the molecule is CSc1ccc2ncn(C=CC(=O)O)c(=O)c2c1.[NaH]. The summed E-state index contributed by atoms with van der Waals surface area (Å²) in [7, 11) is 0. The molecule has 0 amide bonds. The molecule has 2 aromatic rings. The van der Waals surface area contributed by atoms with Crippen LogP contribution < -0.4 is 5.56 Å². The maximum atomic E-state index is 12.1. The van der Waals surface area contributed by atoms with Gasteiger partial charge in [-0.05, 0) is 24.5 Å². The first-order chi connectivity index (χ1) is 8.61. The molecule has 0 radical (unpaired) electrons. The Bertz CT molecular complexity index is 697. The summed E-state index contributed by atoms with van der Waals surface area (Å²) < 4.78 is 1.15. The maximum absolute atomic E-state index is 12.1. The van der Waals surface area contributed by atoms with Gasteiger partial charge in [0.15, 0.2) is 0 Å². The average Bonchev–Trinajstić information content (AvgIpc) is 2.37. The first-order valence-corrected chi connectivity index (χ1v) is 6.30. The second-order valence-electron chi connectivity index (χ2n) is 3.49. The number of aromatic nitrogens is 2. The number of carboxylic acids is 1. The summed E-state index contributed by atoms with van der Waals surface area (Å²) in [5, 5.41) is 9.01. The van der Waals surface area contributed by atoms with Gasteiger partial charge < -0.3 is 5.11 Å². The van der Waals surface area contributed by atoms with Crippen LogP contribution >= 0.6 is 11.8 Å². The predicted molar refractivity (Wildman–Crippen MR) is 77.9 cm³/mol. The third-order valence-electron chi connectivity index (χ3n) is 2.37. The fourth-order valence-electron chi connectivity index (χ4n) is 1.49. The summed E-state index contributed by atoms with van der Waals surface area (Å²) in [6.45, 7) is 0. The van der Waals surface area contributed by atoms with Gasteiger partial charge >= 0.3 is 35.5 Å². The second kappa shape index (κ2) is 6.91. The fourth-order valence-corrected chi connectivity index (χ4v) is 1.93. The van der Waals surface area contributed by atoms with Crippen molar-refractivity contribution in [3.8, 4) is 0 Å². The number of hydrogen-bond donors (Lipinski definition) is 1. The number of hydrogen-bond acceptors (Lipinski definition) is 4. The van der Waals surface area contributed by atoms with E-state index in [4.69, 9.17) is 5.11 Å². The molecule has 0 saturated heterocycles. The van der Waals surface area contributed by atoms with Gasteiger partial charge in [0.2, 0.25) is 0 Å². The number of nitrogens with zero attached hydrogens (tertiary/aromatic N) is 2. The molecule has 0 aliphatic carbocycles. The van der Waals surface area contributed by atoms with Crippen molar-refractivity contribution < 1.29 is 9.90 Å². The van der Waals surface area contributed by atoms with Gasteiger partial charge in [-0.15, -0.1) is 11.8 Å². The molecule has 0 unspecified atom stereocenters. The van der Waals surface area contributed by atoms with Crippen molar-refractivity contribution in [2.75, 3.05) is 6.26 Å². The van der Waals surface area contributed by atoms with Gasteiger partial charge in [0, 0.05) is 17.2 Å². The number of benzene rings is 1. The minimum atomic E-state index is -1.11. The molecule has 0 fully saturated rings. The summed E-state index contributed by atoms with van der Waals surface area (Å²) >= 11 is 1.53. The van der Waals surface area contributed by atoms with Crippen molar-refractivity contribution in [2.45, 2.75) is 4.90 Å². The van der Waals surface area contributed by atoms with Crippen LogP contribution in [0.2, 0.25) is 0 Å². The molecule has 0 aliphatic heterocycles. The second-order valence-corrected chi connectivity index (χ2v) is 4.37. The molecule has 5 nitrogen and oxygen atoms in total. The Kier molecular flexibility index (Phi) is 5.81. The molecule has 2 rings (SSSR count). The van der Waals surface area contributed by atoms with E-state index in [1.54, 1.807) is 12.1 Å². The number of thioether (sulfide) groups is 1. The van der Waals surface area contributed by atoms with Crippen molar-refractivity contribution in [1.29, 1.82) is 0 Å². The molecule has 0 bridgehead atoms. The monoisotopic (exact) mass is 286 g/mol. The number of aliphatic carboxylic acids is 1. The van der Waals surface area contributed by atoms with Gasteiger partial charge in [-0.2, -0.15) is 0 Å². The van der Waals surface area contributed by atoms with Gasteiger partial charge in [0.05, 0.1) is 10.9 Å². The van der Waals surface area contributed by atoms with Crippen molar-refractivity contribution in [3.05, 3.63) is 41.0 Å². The van der Waals surface area contributed by atoms with E-state index in [1.165, 1.54) is 24.3 Å². The molecule has 1 N–H and O–H groups in total. The van der Waals surface area contributed by atoms with Crippen LogP contribution in [0.1, 0.15) is 0 Å². The third-order valence-corrected chi connectivity index (χ3v) is 3.09. The van der Waals surface area contributed by atoms with E-state index in [1.807, 2.05) is 12.3 Å². The van der Waals surface area contributed by atoms with Crippen LogP contribution in [0.3, 0.4) is 0 Å². The van der Waals surface area contributed by atoms with Crippen LogP contribution in [0.4, 0.5) is 0 Å². The minimum absolute atomic E-state index is 0. The molecular formula is C12H11N2NaO3S. The standard InChI is InChI=1S/C12H10N2O3S.Na.H/c1-18-8-2-3-10-9(6-8)12(17)14(7-13-10)5-4-11(15)16;;/h2-7H,1H3,(H,15,16);;. The Morgan fingerprint density at radius 3 is 2.84 bits per heavy atom. The number of rotatable bonds is 3. The molecule has 7 heteroatoms. The van der Waals surface area contributed by atoms with Crippen LogP contribution in [0, 0.1) is 0 Å². The Morgan fingerprint density at radius 1 is 1.47 bits per heavy atom. The number of fused-ring (bicyclic) bond motifs is 1. The van der Waals surface area contributed by atoms with Crippen molar-refractivity contribution >= 4 is 64.4 Å². The Morgan fingerprint density at radius 2 is 2.21 bits per heavy atom.